The molecule has 1 aromatic heterocycles. The van der Waals surface area contributed by atoms with Crippen molar-refractivity contribution in [1.82, 2.24) is 4.98 Å². The first kappa shape index (κ1) is 12.6. The highest BCUT2D eigenvalue weighted by Gasteiger charge is 2.28. The Morgan fingerprint density at radius 2 is 2.12 bits per heavy atom. The fourth-order valence-corrected chi connectivity index (χ4v) is 2.27. The van der Waals surface area contributed by atoms with Crippen LogP contribution in [-0.2, 0) is 0 Å². The second-order valence-corrected chi connectivity index (χ2v) is 5.09. The van der Waals surface area contributed by atoms with Gasteiger partial charge in [0.15, 0.2) is 5.82 Å². The Morgan fingerprint density at radius 1 is 1.41 bits per heavy atom. The van der Waals surface area contributed by atoms with E-state index in [1.54, 1.807) is 0 Å². The first-order chi connectivity index (χ1) is 8.09. The molecule has 0 radical (unpaired) electrons. The molecule has 0 amide bonds. The smallest absolute Gasteiger partial charge is 0.250 e. The van der Waals surface area contributed by atoms with E-state index < -0.39 is 5.82 Å². The topological polar surface area (TPSA) is 48.1 Å². The summed E-state index contributed by atoms with van der Waals surface area (Å²) < 4.78 is 18.8. The van der Waals surface area contributed by atoms with Gasteiger partial charge in [0.05, 0.1) is 10.6 Å². The fourth-order valence-electron chi connectivity index (χ4n) is 2.12. The number of halogens is 2. The molecule has 0 aliphatic heterocycles. The van der Waals surface area contributed by atoms with Crippen molar-refractivity contribution in [2.75, 3.05) is 6.61 Å². The Labute approximate surface area is 105 Å². The molecule has 0 aromatic carbocycles. The summed E-state index contributed by atoms with van der Waals surface area (Å²) in [7, 11) is 0. The first-order valence-electron chi connectivity index (χ1n) is 5.82. The van der Waals surface area contributed by atoms with Gasteiger partial charge >= 0.3 is 0 Å². The minimum atomic E-state index is -0.545. The number of pyridine rings is 1. The molecule has 1 heterocycles. The zero-order valence-corrected chi connectivity index (χ0v) is 10.3. The zero-order valence-electron chi connectivity index (χ0n) is 9.59. The molecule has 1 fully saturated rings. The number of aromatic nitrogens is 1. The summed E-state index contributed by atoms with van der Waals surface area (Å²) in [6.45, 7) is 0.304. The maximum absolute atomic E-state index is 13.4. The molecule has 2 N–H and O–H groups in total. The summed E-state index contributed by atoms with van der Waals surface area (Å²) >= 11 is 5.61. The SMILES string of the molecule is NC1(COc2ncc(Cl)cc2F)CCCCC1. The summed E-state index contributed by atoms with van der Waals surface area (Å²) in [5, 5.41) is 0.259. The van der Waals surface area contributed by atoms with Gasteiger partial charge in [-0.05, 0) is 18.9 Å². The van der Waals surface area contributed by atoms with Gasteiger partial charge in [0.2, 0.25) is 0 Å². The van der Waals surface area contributed by atoms with Crippen LogP contribution in [0.5, 0.6) is 5.88 Å². The molecule has 1 aliphatic rings. The lowest BCUT2D eigenvalue weighted by Gasteiger charge is -2.32. The zero-order chi connectivity index (χ0) is 12.3. The van der Waals surface area contributed by atoms with Gasteiger partial charge in [-0.3, -0.25) is 0 Å². The Bertz CT molecular complexity index is 394. The van der Waals surface area contributed by atoms with Crippen molar-refractivity contribution in [2.45, 2.75) is 37.6 Å². The van der Waals surface area contributed by atoms with Crippen LogP contribution >= 0.6 is 11.6 Å². The third kappa shape index (κ3) is 3.30. The molecule has 2 rings (SSSR count). The molecule has 94 valence electrons. The van der Waals surface area contributed by atoms with Gasteiger partial charge in [0.25, 0.3) is 5.88 Å². The van der Waals surface area contributed by atoms with Crippen LogP contribution in [0.3, 0.4) is 0 Å². The van der Waals surface area contributed by atoms with Gasteiger partial charge in [0, 0.05) is 6.20 Å². The standard InChI is InChI=1S/C12H16ClFN2O/c13-9-6-10(14)11(16-7-9)17-8-12(15)4-2-1-3-5-12/h6-7H,1-5,8,15H2. The third-order valence-electron chi connectivity index (χ3n) is 3.12. The predicted octanol–water partition coefficient (Wildman–Crippen LogP) is 2.91. The predicted molar refractivity (Wildman–Crippen MR) is 64.7 cm³/mol. The lowest BCUT2D eigenvalue weighted by Crippen LogP contribution is -2.47. The average Bonchev–Trinajstić information content (AvgIpc) is 2.29. The molecule has 0 spiro atoms. The largest absolute Gasteiger partial charge is 0.474 e. The third-order valence-corrected chi connectivity index (χ3v) is 3.33. The highest BCUT2D eigenvalue weighted by molar-refractivity contribution is 6.30. The van der Waals surface area contributed by atoms with Crippen LogP contribution in [0.25, 0.3) is 0 Å². The number of hydrogen-bond acceptors (Lipinski definition) is 3. The second-order valence-electron chi connectivity index (χ2n) is 4.65. The summed E-state index contributed by atoms with van der Waals surface area (Å²) in [5.41, 5.74) is 5.84. The van der Waals surface area contributed by atoms with Crippen molar-refractivity contribution in [2.24, 2.45) is 5.73 Å². The minimum Gasteiger partial charge on any atom is -0.474 e. The molecule has 1 aliphatic carbocycles. The number of rotatable bonds is 3. The lowest BCUT2D eigenvalue weighted by molar-refractivity contribution is 0.164. The van der Waals surface area contributed by atoms with Gasteiger partial charge < -0.3 is 10.5 Å². The quantitative estimate of drug-likeness (QED) is 0.907. The Balaban J connectivity index is 1.97. The van der Waals surface area contributed by atoms with E-state index in [1.165, 1.54) is 18.7 Å². The van der Waals surface area contributed by atoms with E-state index in [0.717, 1.165) is 25.7 Å². The maximum atomic E-state index is 13.4. The number of ether oxygens (including phenoxy) is 1. The van der Waals surface area contributed by atoms with Crippen molar-refractivity contribution in [3.63, 3.8) is 0 Å². The summed E-state index contributed by atoms with van der Waals surface area (Å²) in [6.07, 6.45) is 6.63. The van der Waals surface area contributed by atoms with Gasteiger partial charge in [-0.25, -0.2) is 9.37 Å². The molecule has 5 heteroatoms. The van der Waals surface area contributed by atoms with Crippen LogP contribution in [0.4, 0.5) is 4.39 Å². The van der Waals surface area contributed by atoms with Gasteiger partial charge in [0.1, 0.15) is 6.61 Å². The molecule has 0 bridgehead atoms. The molecule has 0 unspecified atom stereocenters. The van der Waals surface area contributed by atoms with Gasteiger partial charge in [-0.15, -0.1) is 0 Å². The summed E-state index contributed by atoms with van der Waals surface area (Å²) in [6, 6.07) is 1.19. The van der Waals surface area contributed by atoms with Crippen molar-refractivity contribution in [1.29, 1.82) is 0 Å². The molecule has 0 atom stereocenters. The molecular weight excluding hydrogens is 243 g/mol. The van der Waals surface area contributed by atoms with Crippen LogP contribution in [0.1, 0.15) is 32.1 Å². The Hall–Kier alpha value is -0.870. The normalized spacial score (nSPS) is 19.0. The number of hydrogen-bond donors (Lipinski definition) is 1. The van der Waals surface area contributed by atoms with Gasteiger partial charge in [-0.1, -0.05) is 30.9 Å². The van der Waals surface area contributed by atoms with Crippen molar-refractivity contribution in [3.05, 3.63) is 23.1 Å². The summed E-state index contributed by atoms with van der Waals surface area (Å²) in [4.78, 5) is 3.81. The molecular formula is C12H16ClFN2O. The highest BCUT2D eigenvalue weighted by Crippen LogP contribution is 2.27. The van der Waals surface area contributed by atoms with E-state index >= 15 is 0 Å². The van der Waals surface area contributed by atoms with E-state index in [4.69, 9.17) is 22.1 Å². The fraction of sp³-hybridized carbons (Fsp3) is 0.583. The van der Waals surface area contributed by atoms with E-state index in [2.05, 4.69) is 4.98 Å². The molecule has 1 aromatic rings. The van der Waals surface area contributed by atoms with E-state index in [1.807, 2.05) is 0 Å². The van der Waals surface area contributed by atoms with Crippen LogP contribution in [0.2, 0.25) is 5.02 Å². The minimum absolute atomic E-state index is 0.0233. The summed E-state index contributed by atoms with van der Waals surface area (Å²) in [5.74, 6) is -0.568. The van der Waals surface area contributed by atoms with E-state index in [9.17, 15) is 4.39 Å². The first-order valence-corrected chi connectivity index (χ1v) is 6.20. The van der Waals surface area contributed by atoms with E-state index in [0.29, 0.717) is 6.61 Å². The molecule has 3 nitrogen and oxygen atoms in total. The van der Waals surface area contributed by atoms with Gasteiger partial charge in [-0.2, -0.15) is 0 Å². The van der Waals surface area contributed by atoms with Crippen LogP contribution in [0.15, 0.2) is 12.3 Å². The molecule has 1 saturated carbocycles. The van der Waals surface area contributed by atoms with Crippen molar-refractivity contribution in [3.8, 4) is 5.88 Å². The molecule has 0 saturated heterocycles. The molecule has 17 heavy (non-hydrogen) atoms. The Morgan fingerprint density at radius 3 is 2.76 bits per heavy atom. The van der Waals surface area contributed by atoms with Crippen molar-refractivity contribution < 1.29 is 9.13 Å². The van der Waals surface area contributed by atoms with E-state index in [-0.39, 0.29) is 16.4 Å². The lowest BCUT2D eigenvalue weighted by atomic mass is 9.83. The number of nitrogens with zero attached hydrogens (tertiary/aromatic N) is 1. The van der Waals surface area contributed by atoms with Crippen LogP contribution in [0, 0.1) is 5.82 Å². The highest BCUT2D eigenvalue weighted by atomic mass is 35.5. The Kier molecular flexibility index (Phi) is 3.84. The maximum Gasteiger partial charge on any atom is 0.250 e. The van der Waals surface area contributed by atoms with Crippen molar-refractivity contribution >= 4 is 11.6 Å². The van der Waals surface area contributed by atoms with Crippen LogP contribution in [-0.4, -0.2) is 17.1 Å². The average molecular weight is 259 g/mol. The second kappa shape index (κ2) is 5.19. The monoisotopic (exact) mass is 258 g/mol. The van der Waals surface area contributed by atoms with Crippen LogP contribution < -0.4 is 10.5 Å². The number of nitrogens with two attached hydrogens (primary N) is 1.